The third-order valence-electron chi connectivity index (χ3n) is 5.44. The number of hydrogen-bond donors (Lipinski definition) is 1. The highest BCUT2D eigenvalue weighted by molar-refractivity contribution is 6.30. The second-order valence-electron chi connectivity index (χ2n) is 7.52. The Kier molecular flexibility index (Phi) is 7.85. The van der Waals surface area contributed by atoms with Crippen molar-refractivity contribution < 1.29 is 9.59 Å². The number of likely N-dealkylation sites (N-methyl/N-ethyl adjacent to an activating group) is 1. The number of benzene rings is 3. The van der Waals surface area contributed by atoms with E-state index in [9.17, 15) is 9.59 Å². The van der Waals surface area contributed by atoms with Gasteiger partial charge in [0.1, 0.15) is 6.04 Å². The van der Waals surface area contributed by atoms with Crippen molar-refractivity contribution >= 4 is 23.4 Å². The molecule has 1 unspecified atom stereocenters. The first kappa shape index (κ1) is 22.6. The van der Waals surface area contributed by atoms with Gasteiger partial charge in [-0.3, -0.25) is 9.59 Å². The van der Waals surface area contributed by atoms with Crippen LogP contribution in [0.3, 0.4) is 0 Å². The van der Waals surface area contributed by atoms with Gasteiger partial charge in [-0.15, -0.1) is 0 Å². The summed E-state index contributed by atoms with van der Waals surface area (Å²) in [6, 6.07) is 26.8. The van der Waals surface area contributed by atoms with Gasteiger partial charge in [-0.25, -0.2) is 0 Å². The maximum Gasteiger partial charge on any atom is 0.242 e. The Hall–Kier alpha value is -3.11. The van der Waals surface area contributed by atoms with Gasteiger partial charge in [0.2, 0.25) is 11.8 Å². The normalized spacial score (nSPS) is 11.7. The van der Waals surface area contributed by atoms with Gasteiger partial charge in [0, 0.05) is 31.0 Å². The van der Waals surface area contributed by atoms with Crippen LogP contribution in [0.2, 0.25) is 5.02 Å². The van der Waals surface area contributed by atoms with Crippen molar-refractivity contribution in [2.75, 3.05) is 7.05 Å². The molecular weight excluding hydrogens is 408 g/mol. The number of nitrogens with one attached hydrogen (secondary N) is 1. The second-order valence-corrected chi connectivity index (χ2v) is 7.96. The van der Waals surface area contributed by atoms with E-state index in [1.54, 1.807) is 24.9 Å². The van der Waals surface area contributed by atoms with E-state index >= 15 is 0 Å². The molecule has 31 heavy (non-hydrogen) atoms. The van der Waals surface area contributed by atoms with E-state index in [4.69, 9.17) is 11.6 Å². The summed E-state index contributed by atoms with van der Waals surface area (Å²) in [4.78, 5) is 27.6. The molecule has 0 spiro atoms. The van der Waals surface area contributed by atoms with Crippen molar-refractivity contribution in [3.8, 4) is 0 Å². The van der Waals surface area contributed by atoms with Crippen LogP contribution in [0.15, 0.2) is 84.9 Å². The molecule has 2 amide bonds. The fraction of sp³-hybridized carbons (Fsp3) is 0.231. The zero-order valence-corrected chi connectivity index (χ0v) is 18.5. The standard InChI is InChI=1S/C26H27ClN2O2/c1-19(26(31)28-2)29(18-20-10-9-15-23(27)16-20)25(30)17-24(21-11-5-3-6-12-21)22-13-7-4-8-14-22/h3-16,19,24H,17-18H2,1-2H3,(H,28,31). The topological polar surface area (TPSA) is 49.4 Å². The molecule has 0 fully saturated rings. The maximum absolute atomic E-state index is 13.6. The first-order valence-corrected chi connectivity index (χ1v) is 10.7. The molecule has 1 atom stereocenters. The first-order chi connectivity index (χ1) is 15.0. The monoisotopic (exact) mass is 434 g/mol. The van der Waals surface area contributed by atoms with E-state index in [-0.39, 0.29) is 24.2 Å². The summed E-state index contributed by atoms with van der Waals surface area (Å²) in [7, 11) is 1.58. The smallest absolute Gasteiger partial charge is 0.242 e. The summed E-state index contributed by atoms with van der Waals surface area (Å²) in [6.07, 6.45) is 0.260. The largest absolute Gasteiger partial charge is 0.357 e. The lowest BCUT2D eigenvalue weighted by Gasteiger charge is -2.30. The molecule has 0 radical (unpaired) electrons. The van der Waals surface area contributed by atoms with Crippen LogP contribution >= 0.6 is 11.6 Å². The van der Waals surface area contributed by atoms with Crippen molar-refractivity contribution in [2.24, 2.45) is 0 Å². The molecule has 0 saturated carbocycles. The molecule has 4 nitrogen and oxygen atoms in total. The van der Waals surface area contributed by atoms with Crippen LogP contribution in [0.1, 0.15) is 36.0 Å². The van der Waals surface area contributed by atoms with E-state index < -0.39 is 6.04 Å². The molecule has 5 heteroatoms. The van der Waals surface area contributed by atoms with Crippen LogP contribution in [0.4, 0.5) is 0 Å². The molecule has 0 aliphatic heterocycles. The summed E-state index contributed by atoms with van der Waals surface area (Å²) < 4.78 is 0. The fourth-order valence-corrected chi connectivity index (χ4v) is 3.93. The maximum atomic E-state index is 13.6. The summed E-state index contributed by atoms with van der Waals surface area (Å²) in [5, 5.41) is 3.26. The van der Waals surface area contributed by atoms with Crippen LogP contribution in [0.5, 0.6) is 0 Å². The highest BCUT2D eigenvalue weighted by Crippen LogP contribution is 2.29. The summed E-state index contributed by atoms with van der Waals surface area (Å²) >= 11 is 6.14. The van der Waals surface area contributed by atoms with E-state index in [0.717, 1.165) is 16.7 Å². The molecule has 3 aromatic carbocycles. The second kappa shape index (κ2) is 10.8. The predicted octanol–water partition coefficient (Wildman–Crippen LogP) is 5.03. The molecule has 0 bridgehead atoms. The number of amides is 2. The van der Waals surface area contributed by atoms with Crippen molar-refractivity contribution in [3.63, 3.8) is 0 Å². The minimum absolute atomic E-state index is 0.0891. The van der Waals surface area contributed by atoms with Crippen molar-refractivity contribution in [1.82, 2.24) is 10.2 Å². The van der Waals surface area contributed by atoms with Crippen LogP contribution in [-0.2, 0) is 16.1 Å². The quantitative estimate of drug-likeness (QED) is 0.540. The Labute approximate surface area is 188 Å². The summed E-state index contributed by atoms with van der Waals surface area (Å²) in [5.74, 6) is -0.395. The molecule has 3 aromatic rings. The van der Waals surface area contributed by atoms with Crippen LogP contribution in [0.25, 0.3) is 0 Å². The zero-order valence-electron chi connectivity index (χ0n) is 17.8. The molecule has 0 aromatic heterocycles. The highest BCUT2D eigenvalue weighted by atomic mass is 35.5. The van der Waals surface area contributed by atoms with Gasteiger partial charge in [0.05, 0.1) is 0 Å². The summed E-state index contributed by atoms with van der Waals surface area (Å²) in [6.45, 7) is 2.06. The third kappa shape index (κ3) is 5.96. The lowest BCUT2D eigenvalue weighted by molar-refractivity contribution is -0.140. The van der Waals surface area contributed by atoms with Crippen LogP contribution < -0.4 is 5.32 Å². The van der Waals surface area contributed by atoms with Crippen LogP contribution in [-0.4, -0.2) is 29.8 Å². The Morgan fingerprint density at radius 2 is 1.48 bits per heavy atom. The number of carbonyl (C=O) groups is 2. The fourth-order valence-electron chi connectivity index (χ4n) is 3.71. The highest BCUT2D eigenvalue weighted by Gasteiger charge is 2.28. The molecular formula is C26H27ClN2O2. The number of carbonyl (C=O) groups excluding carboxylic acids is 2. The Balaban J connectivity index is 1.91. The molecule has 0 heterocycles. The number of rotatable bonds is 8. The van der Waals surface area contributed by atoms with Gasteiger partial charge in [-0.05, 0) is 35.7 Å². The van der Waals surface area contributed by atoms with E-state index in [0.29, 0.717) is 11.6 Å². The summed E-state index contributed by atoms with van der Waals surface area (Å²) in [5.41, 5.74) is 3.02. The van der Waals surface area contributed by atoms with E-state index in [1.165, 1.54) is 0 Å². The molecule has 0 aliphatic rings. The van der Waals surface area contributed by atoms with Crippen molar-refractivity contribution in [1.29, 1.82) is 0 Å². The Bertz CT molecular complexity index is 969. The van der Waals surface area contributed by atoms with Gasteiger partial charge in [0.25, 0.3) is 0 Å². The number of hydrogen-bond acceptors (Lipinski definition) is 2. The van der Waals surface area contributed by atoms with Gasteiger partial charge < -0.3 is 10.2 Å². The van der Waals surface area contributed by atoms with Gasteiger partial charge in [-0.1, -0.05) is 84.4 Å². The number of halogens is 1. The van der Waals surface area contributed by atoms with Gasteiger partial charge >= 0.3 is 0 Å². The average Bonchev–Trinajstić information content (AvgIpc) is 2.81. The zero-order chi connectivity index (χ0) is 22.2. The minimum atomic E-state index is -0.608. The Morgan fingerprint density at radius 3 is 2.00 bits per heavy atom. The molecule has 3 rings (SSSR count). The SMILES string of the molecule is CNC(=O)C(C)N(Cc1cccc(Cl)c1)C(=O)CC(c1ccccc1)c1ccccc1. The number of nitrogens with zero attached hydrogens (tertiary/aromatic N) is 1. The lowest BCUT2D eigenvalue weighted by Crippen LogP contribution is -2.47. The van der Waals surface area contributed by atoms with Gasteiger partial charge in [0.15, 0.2) is 0 Å². The molecule has 0 aliphatic carbocycles. The van der Waals surface area contributed by atoms with Crippen molar-refractivity contribution in [2.45, 2.75) is 31.8 Å². The third-order valence-corrected chi connectivity index (χ3v) is 5.67. The molecule has 0 saturated heterocycles. The molecule has 160 valence electrons. The molecule has 1 N–H and O–H groups in total. The van der Waals surface area contributed by atoms with Gasteiger partial charge in [-0.2, -0.15) is 0 Å². The predicted molar refractivity (Wildman–Crippen MR) is 125 cm³/mol. The lowest BCUT2D eigenvalue weighted by atomic mass is 9.88. The van der Waals surface area contributed by atoms with Crippen LogP contribution in [0, 0.1) is 0 Å². The minimum Gasteiger partial charge on any atom is -0.357 e. The first-order valence-electron chi connectivity index (χ1n) is 10.3. The Morgan fingerprint density at radius 1 is 0.903 bits per heavy atom. The average molecular weight is 435 g/mol. The van der Waals surface area contributed by atoms with E-state index in [1.807, 2.05) is 78.9 Å². The van der Waals surface area contributed by atoms with E-state index in [2.05, 4.69) is 5.32 Å². The van der Waals surface area contributed by atoms with Crippen molar-refractivity contribution in [3.05, 3.63) is 107 Å².